The molecule has 0 radical (unpaired) electrons. The number of rotatable bonds is 5. The largest absolute Gasteiger partial charge is 0.497 e. The predicted molar refractivity (Wildman–Crippen MR) is 97.0 cm³/mol. The van der Waals surface area contributed by atoms with Gasteiger partial charge >= 0.3 is 6.03 Å². The highest BCUT2D eigenvalue weighted by atomic mass is 16.6. The third kappa shape index (κ3) is 3.40. The Bertz CT molecular complexity index is 791. The second-order valence-electron chi connectivity index (χ2n) is 6.45. The van der Waals surface area contributed by atoms with Crippen molar-refractivity contribution in [3.05, 3.63) is 53.6 Å². The van der Waals surface area contributed by atoms with E-state index < -0.39 is 0 Å². The number of carbonyl (C=O) groups excluding carboxylic acids is 1. The molecule has 2 heterocycles. The van der Waals surface area contributed by atoms with Gasteiger partial charge in [-0.3, -0.25) is 0 Å². The van der Waals surface area contributed by atoms with Gasteiger partial charge < -0.3 is 24.4 Å². The Hall–Kier alpha value is -2.89. The van der Waals surface area contributed by atoms with E-state index in [4.69, 9.17) is 14.2 Å². The fourth-order valence-electron chi connectivity index (χ4n) is 3.30. The van der Waals surface area contributed by atoms with Gasteiger partial charge in [-0.1, -0.05) is 18.2 Å². The summed E-state index contributed by atoms with van der Waals surface area (Å²) in [6.07, 6.45) is 0.811. The van der Waals surface area contributed by atoms with Crippen LogP contribution in [0.15, 0.2) is 42.5 Å². The van der Waals surface area contributed by atoms with Gasteiger partial charge in [0.15, 0.2) is 11.5 Å². The molecule has 2 aliphatic heterocycles. The fourth-order valence-corrected chi connectivity index (χ4v) is 3.30. The summed E-state index contributed by atoms with van der Waals surface area (Å²) < 4.78 is 16.4. The molecule has 2 aromatic rings. The van der Waals surface area contributed by atoms with Gasteiger partial charge in [-0.2, -0.15) is 0 Å². The van der Waals surface area contributed by atoms with Gasteiger partial charge in [0, 0.05) is 13.1 Å². The van der Waals surface area contributed by atoms with E-state index in [1.807, 2.05) is 47.4 Å². The van der Waals surface area contributed by atoms with Crippen LogP contribution in [0.5, 0.6) is 17.2 Å². The number of ether oxygens (including phenoxy) is 3. The summed E-state index contributed by atoms with van der Waals surface area (Å²) in [5, 5.41) is 3.05. The molecule has 2 aromatic carbocycles. The van der Waals surface area contributed by atoms with Crippen molar-refractivity contribution in [3.63, 3.8) is 0 Å². The van der Waals surface area contributed by atoms with Crippen LogP contribution in [0.1, 0.15) is 17.2 Å². The molecular formula is C20H22N2O4. The Balaban J connectivity index is 1.38. The molecule has 0 aromatic heterocycles. The Morgan fingerprint density at radius 3 is 2.65 bits per heavy atom. The standard InChI is InChI=1S/C20H22N2O4/c1-24-16-5-2-14(3-6-16)8-9-22-13-17(21-20(22)23)15-4-7-18-19(12-15)26-11-10-25-18/h2-7,12,17H,8-11,13H2,1H3,(H,21,23). The monoisotopic (exact) mass is 354 g/mol. The van der Waals surface area contributed by atoms with Crippen LogP contribution < -0.4 is 19.5 Å². The summed E-state index contributed by atoms with van der Waals surface area (Å²) in [5.74, 6) is 2.35. The summed E-state index contributed by atoms with van der Waals surface area (Å²) in [4.78, 5) is 14.2. The van der Waals surface area contributed by atoms with Crippen LogP contribution in [0.4, 0.5) is 4.79 Å². The molecule has 6 nitrogen and oxygen atoms in total. The molecule has 6 heteroatoms. The lowest BCUT2D eigenvalue weighted by molar-refractivity contribution is 0.171. The van der Waals surface area contributed by atoms with Gasteiger partial charge in [0.05, 0.1) is 13.2 Å². The minimum absolute atomic E-state index is 0.0293. The number of benzene rings is 2. The minimum Gasteiger partial charge on any atom is -0.497 e. The van der Waals surface area contributed by atoms with Crippen molar-refractivity contribution in [2.24, 2.45) is 0 Å². The van der Waals surface area contributed by atoms with Crippen molar-refractivity contribution in [1.29, 1.82) is 0 Å². The molecule has 4 rings (SSSR count). The topological polar surface area (TPSA) is 60.0 Å². The third-order valence-corrected chi connectivity index (χ3v) is 4.79. The highest BCUT2D eigenvalue weighted by molar-refractivity contribution is 5.77. The summed E-state index contributed by atoms with van der Waals surface area (Å²) >= 11 is 0. The number of hydrogen-bond donors (Lipinski definition) is 1. The minimum atomic E-state index is -0.0332. The Kier molecular flexibility index (Phi) is 4.56. The predicted octanol–water partition coefficient (Wildman–Crippen LogP) is 2.78. The van der Waals surface area contributed by atoms with Crippen LogP contribution in [0.25, 0.3) is 0 Å². The van der Waals surface area contributed by atoms with Crippen molar-refractivity contribution < 1.29 is 19.0 Å². The normalized spacial score (nSPS) is 18.6. The summed E-state index contributed by atoms with van der Waals surface area (Å²) in [5.41, 5.74) is 2.22. The maximum Gasteiger partial charge on any atom is 0.318 e. The van der Waals surface area contributed by atoms with E-state index in [1.165, 1.54) is 5.56 Å². The van der Waals surface area contributed by atoms with E-state index in [2.05, 4.69) is 5.32 Å². The number of methoxy groups -OCH3 is 1. The van der Waals surface area contributed by atoms with Crippen LogP contribution in [0, 0.1) is 0 Å². The molecular weight excluding hydrogens is 332 g/mol. The fraction of sp³-hybridized carbons (Fsp3) is 0.350. The van der Waals surface area contributed by atoms with E-state index in [-0.39, 0.29) is 12.1 Å². The van der Waals surface area contributed by atoms with Crippen molar-refractivity contribution in [1.82, 2.24) is 10.2 Å². The quantitative estimate of drug-likeness (QED) is 0.897. The first-order valence-corrected chi connectivity index (χ1v) is 8.81. The summed E-state index contributed by atoms with van der Waals surface area (Å²) in [7, 11) is 1.65. The second kappa shape index (κ2) is 7.15. The van der Waals surface area contributed by atoms with Gasteiger partial charge in [0.25, 0.3) is 0 Å². The lowest BCUT2D eigenvalue weighted by Gasteiger charge is -2.20. The third-order valence-electron chi connectivity index (χ3n) is 4.79. The highest BCUT2D eigenvalue weighted by Gasteiger charge is 2.30. The number of carbonyl (C=O) groups is 1. The van der Waals surface area contributed by atoms with Crippen LogP contribution in [0.3, 0.4) is 0 Å². The lowest BCUT2D eigenvalue weighted by Crippen LogP contribution is -2.30. The number of amides is 2. The highest BCUT2D eigenvalue weighted by Crippen LogP contribution is 2.33. The van der Waals surface area contributed by atoms with Gasteiger partial charge in [-0.15, -0.1) is 0 Å². The average Bonchev–Trinajstić information content (AvgIpc) is 3.07. The van der Waals surface area contributed by atoms with E-state index in [0.717, 1.165) is 29.2 Å². The molecule has 0 bridgehead atoms. The van der Waals surface area contributed by atoms with E-state index in [1.54, 1.807) is 7.11 Å². The molecule has 0 spiro atoms. The Morgan fingerprint density at radius 1 is 1.12 bits per heavy atom. The van der Waals surface area contributed by atoms with E-state index in [9.17, 15) is 4.79 Å². The SMILES string of the molecule is COc1ccc(CCN2CC(c3ccc4c(c3)OCCO4)NC2=O)cc1. The van der Waals surface area contributed by atoms with Crippen molar-refractivity contribution >= 4 is 6.03 Å². The number of nitrogens with one attached hydrogen (secondary N) is 1. The molecule has 1 fully saturated rings. The van der Waals surface area contributed by atoms with E-state index in [0.29, 0.717) is 26.3 Å². The first kappa shape index (κ1) is 16.6. The molecule has 1 unspecified atom stereocenters. The van der Waals surface area contributed by atoms with Gasteiger partial charge in [-0.05, 0) is 41.8 Å². The Morgan fingerprint density at radius 2 is 1.88 bits per heavy atom. The maximum absolute atomic E-state index is 12.3. The molecule has 2 amide bonds. The van der Waals surface area contributed by atoms with Gasteiger partial charge in [-0.25, -0.2) is 4.79 Å². The number of urea groups is 1. The van der Waals surface area contributed by atoms with Crippen LogP contribution in [-0.4, -0.2) is 44.3 Å². The smallest absolute Gasteiger partial charge is 0.318 e. The Labute approximate surface area is 152 Å². The number of fused-ring (bicyclic) bond motifs is 1. The summed E-state index contributed by atoms with van der Waals surface area (Å²) in [6, 6.07) is 13.8. The number of hydrogen-bond acceptors (Lipinski definition) is 4. The summed E-state index contributed by atoms with van der Waals surface area (Å²) in [6.45, 7) is 2.46. The molecule has 1 N–H and O–H groups in total. The second-order valence-corrected chi connectivity index (χ2v) is 6.45. The van der Waals surface area contributed by atoms with Gasteiger partial charge in [0.1, 0.15) is 19.0 Å². The zero-order chi connectivity index (χ0) is 17.9. The average molecular weight is 354 g/mol. The van der Waals surface area contributed by atoms with Crippen LogP contribution in [-0.2, 0) is 6.42 Å². The van der Waals surface area contributed by atoms with Crippen molar-refractivity contribution in [2.75, 3.05) is 33.4 Å². The van der Waals surface area contributed by atoms with Gasteiger partial charge in [0.2, 0.25) is 0 Å². The molecule has 2 aliphatic rings. The molecule has 1 saturated heterocycles. The zero-order valence-corrected chi connectivity index (χ0v) is 14.7. The zero-order valence-electron chi connectivity index (χ0n) is 14.7. The van der Waals surface area contributed by atoms with E-state index >= 15 is 0 Å². The molecule has 26 heavy (non-hydrogen) atoms. The lowest BCUT2D eigenvalue weighted by atomic mass is 10.1. The molecule has 0 aliphatic carbocycles. The van der Waals surface area contributed by atoms with Crippen molar-refractivity contribution in [2.45, 2.75) is 12.5 Å². The molecule has 1 atom stereocenters. The first-order chi connectivity index (χ1) is 12.7. The molecule has 136 valence electrons. The van der Waals surface area contributed by atoms with Crippen LogP contribution in [0.2, 0.25) is 0 Å². The molecule has 0 saturated carbocycles. The van der Waals surface area contributed by atoms with Crippen LogP contribution >= 0.6 is 0 Å². The first-order valence-electron chi connectivity index (χ1n) is 8.81. The maximum atomic E-state index is 12.3. The number of nitrogens with zero attached hydrogens (tertiary/aromatic N) is 1. The van der Waals surface area contributed by atoms with Crippen molar-refractivity contribution in [3.8, 4) is 17.2 Å².